The van der Waals surface area contributed by atoms with E-state index in [1.807, 2.05) is 35.4 Å². The van der Waals surface area contributed by atoms with E-state index in [9.17, 15) is 14.7 Å². The van der Waals surface area contributed by atoms with Crippen LogP contribution >= 0.6 is 0 Å². The molecule has 4 N–H and O–H groups in total. The highest BCUT2D eigenvalue weighted by Gasteiger charge is 2.32. The molecule has 36 heavy (non-hydrogen) atoms. The SMILES string of the molecule is CCC1CN(CC(O)CCc2ccccc2CN)C(=O)c2cc(NC3CCN(C(C)=O)CC3)ncc21. The molecule has 2 amide bonds. The van der Waals surface area contributed by atoms with Crippen LogP contribution in [0.5, 0.6) is 0 Å². The number of nitrogens with one attached hydrogen (secondary N) is 1. The van der Waals surface area contributed by atoms with Gasteiger partial charge < -0.3 is 26.0 Å². The van der Waals surface area contributed by atoms with Crippen LogP contribution in [-0.2, 0) is 17.8 Å². The van der Waals surface area contributed by atoms with E-state index in [0.29, 0.717) is 37.4 Å². The Morgan fingerprint density at radius 3 is 2.64 bits per heavy atom. The van der Waals surface area contributed by atoms with Gasteiger partial charge in [0.25, 0.3) is 5.91 Å². The second kappa shape index (κ2) is 11.8. The highest BCUT2D eigenvalue weighted by atomic mass is 16.3. The zero-order chi connectivity index (χ0) is 25.7. The molecule has 2 aliphatic heterocycles. The molecule has 194 valence electrons. The van der Waals surface area contributed by atoms with Crippen LogP contribution in [0.2, 0.25) is 0 Å². The van der Waals surface area contributed by atoms with Crippen LogP contribution < -0.4 is 11.1 Å². The zero-order valence-electron chi connectivity index (χ0n) is 21.4. The normalized spacial score (nSPS) is 19.2. The summed E-state index contributed by atoms with van der Waals surface area (Å²) >= 11 is 0. The van der Waals surface area contributed by atoms with Crippen molar-refractivity contribution in [1.82, 2.24) is 14.8 Å². The molecule has 8 nitrogen and oxygen atoms in total. The number of nitrogens with zero attached hydrogens (tertiary/aromatic N) is 3. The highest BCUT2D eigenvalue weighted by Crippen LogP contribution is 2.32. The van der Waals surface area contributed by atoms with Gasteiger partial charge >= 0.3 is 0 Å². The van der Waals surface area contributed by atoms with Crippen LogP contribution in [0.1, 0.15) is 72.5 Å². The van der Waals surface area contributed by atoms with E-state index >= 15 is 0 Å². The molecule has 2 aliphatic rings. The van der Waals surface area contributed by atoms with Gasteiger partial charge in [-0.3, -0.25) is 9.59 Å². The summed E-state index contributed by atoms with van der Waals surface area (Å²) in [7, 11) is 0. The predicted molar refractivity (Wildman–Crippen MR) is 141 cm³/mol. The number of aliphatic hydroxyl groups is 1. The second-order valence-electron chi connectivity index (χ2n) is 10.1. The maximum Gasteiger partial charge on any atom is 0.254 e. The molecule has 1 aromatic heterocycles. The lowest BCUT2D eigenvalue weighted by Crippen LogP contribution is -2.44. The number of aromatic nitrogens is 1. The molecule has 2 unspecified atom stereocenters. The molecule has 2 atom stereocenters. The Morgan fingerprint density at radius 1 is 1.25 bits per heavy atom. The minimum Gasteiger partial charge on any atom is -0.391 e. The largest absolute Gasteiger partial charge is 0.391 e. The van der Waals surface area contributed by atoms with Crippen LogP contribution in [0.25, 0.3) is 0 Å². The smallest absolute Gasteiger partial charge is 0.254 e. The number of benzene rings is 1. The lowest BCUT2D eigenvalue weighted by molar-refractivity contribution is -0.129. The van der Waals surface area contributed by atoms with Gasteiger partial charge in [0.2, 0.25) is 5.91 Å². The van der Waals surface area contributed by atoms with Crippen LogP contribution in [0.3, 0.4) is 0 Å². The second-order valence-corrected chi connectivity index (χ2v) is 10.1. The Labute approximate surface area is 213 Å². The molecule has 3 heterocycles. The van der Waals surface area contributed by atoms with Crippen molar-refractivity contribution in [3.05, 3.63) is 58.8 Å². The number of nitrogens with two attached hydrogens (primary N) is 1. The predicted octanol–water partition coefficient (Wildman–Crippen LogP) is 2.91. The van der Waals surface area contributed by atoms with Gasteiger partial charge in [-0.1, -0.05) is 31.2 Å². The lowest BCUT2D eigenvalue weighted by Gasteiger charge is -2.35. The molecule has 0 radical (unpaired) electrons. The van der Waals surface area contributed by atoms with Crippen molar-refractivity contribution in [2.75, 3.05) is 31.5 Å². The van der Waals surface area contributed by atoms with E-state index < -0.39 is 6.10 Å². The van der Waals surface area contributed by atoms with E-state index in [0.717, 1.165) is 55.5 Å². The summed E-state index contributed by atoms with van der Waals surface area (Å²) in [5.74, 6) is 0.956. The van der Waals surface area contributed by atoms with Gasteiger partial charge in [0.1, 0.15) is 5.82 Å². The molecule has 0 saturated carbocycles. The van der Waals surface area contributed by atoms with Gasteiger partial charge in [-0.15, -0.1) is 0 Å². The summed E-state index contributed by atoms with van der Waals surface area (Å²) in [5.41, 5.74) is 9.76. The van der Waals surface area contributed by atoms with Gasteiger partial charge in [-0.25, -0.2) is 4.98 Å². The monoisotopic (exact) mass is 493 g/mol. The molecular formula is C28H39N5O3. The number of carbonyl (C=O) groups excluding carboxylic acids is 2. The van der Waals surface area contributed by atoms with Crippen molar-refractivity contribution in [3.8, 4) is 0 Å². The molecule has 1 aromatic carbocycles. The van der Waals surface area contributed by atoms with E-state index in [-0.39, 0.29) is 23.8 Å². The number of piperidine rings is 1. The number of aliphatic hydroxyl groups excluding tert-OH is 1. The van der Waals surface area contributed by atoms with Gasteiger partial charge in [0, 0.05) is 63.4 Å². The number of fused-ring (bicyclic) bond motifs is 1. The quantitative estimate of drug-likeness (QED) is 0.495. The van der Waals surface area contributed by atoms with Crippen molar-refractivity contribution in [2.45, 2.75) is 70.6 Å². The standard InChI is InChI=1S/C28H39N5O3/c1-3-20-17-33(18-24(35)9-8-21-6-4-5-7-22(21)15-29)28(36)25-14-27(30-16-26(20)25)31-23-10-12-32(13-11-23)19(2)34/h4-7,14,16,20,23-24,35H,3,8-13,15,17-18,29H2,1-2H3,(H,30,31). The third-order valence-electron chi connectivity index (χ3n) is 7.63. The number of carbonyl (C=O) groups is 2. The maximum absolute atomic E-state index is 13.4. The first-order chi connectivity index (χ1) is 17.4. The highest BCUT2D eigenvalue weighted by molar-refractivity contribution is 5.97. The number of hydrogen-bond acceptors (Lipinski definition) is 6. The van der Waals surface area contributed by atoms with Crippen molar-refractivity contribution < 1.29 is 14.7 Å². The van der Waals surface area contributed by atoms with Crippen molar-refractivity contribution in [2.24, 2.45) is 5.73 Å². The van der Waals surface area contributed by atoms with Gasteiger partial charge in [0.05, 0.1) is 6.10 Å². The van der Waals surface area contributed by atoms with E-state index in [1.54, 1.807) is 11.8 Å². The average Bonchev–Trinajstić information content (AvgIpc) is 2.89. The maximum atomic E-state index is 13.4. The summed E-state index contributed by atoms with van der Waals surface area (Å²) in [6.45, 7) is 6.58. The number of β-amino-alcohol motifs (C(OH)–C–C–N with tert-alkyl or cyclic N) is 1. The Kier molecular flexibility index (Phi) is 8.59. The minimum atomic E-state index is -0.607. The first-order valence-electron chi connectivity index (χ1n) is 13.2. The summed E-state index contributed by atoms with van der Waals surface area (Å²) in [6.07, 6.45) is 5.15. The van der Waals surface area contributed by atoms with Gasteiger partial charge in [-0.2, -0.15) is 0 Å². The van der Waals surface area contributed by atoms with Crippen molar-refractivity contribution in [1.29, 1.82) is 0 Å². The zero-order valence-corrected chi connectivity index (χ0v) is 21.4. The number of pyridine rings is 1. The van der Waals surface area contributed by atoms with Crippen LogP contribution in [-0.4, -0.2) is 70.0 Å². The minimum absolute atomic E-state index is 0.0482. The molecule has 0 spiro atoms. The number of rotatable bonds is 9. The third-order valence-corrected chi connectivity index (χ3v) is 7.63. The topological polar surface area (TPSA) is 112 Å². The van der Waals surface area contributed by atoms with E-state index in [4.69, 9.17) is 5.73 Å². The first kappa shape index (κ1) is 26.1. The van der Waals surface area contributed by atoms with Crippen LogP contribution in [0.4, 0.5) is 5.82 Å². The Bertz CT molecular complexity index is 1070. The van der Waals surface area contributed by atoms with Crippen molar-refractivity contribution >= 4 is 17.6 Å². The lowest BCUT2D eigenvalue weighted by atomic mass is 9.88. The third kappa shape index (κ3) is 6.05. The number of hydrogen-bond donors (Lipinski definition) is 3. The van der Waals surface area contributed by atoms with Gasteiger partial charge in [0.15, 0.2) is 0 Å². The molecule has 1 fully saturated rings. The van der Waals surface area contributed by atoms with Gasteiger partial charge in [-0.05, 0) is 54.9 Å². The molecule has 1 saturated heterocycles. The number of amides is 2. The van der Waals surface area contributed by atoms with E-state index in [1.165, 1.54) is 0 Å². The Morgan fingerprint density at radius 2 is 1.97 bits per heavy atom. The fourth-order valence-electron chi connectivity index (χ4n) is 5.40. The number of anilines is 1. The summed E-state index contributed by atoms with van der Waals surface area (Å²) in [5, 5.41) is 14.3. The fraction of sp³-hybridized carbons (Fsp3) is 0.536. The summed E-state index contributed by atoms with van der Waals surface area (Å²) < 4.78 is 0. The Balaban J connectivity index is 1.40. The average molecular weight is 494 g/mol. The summed E-state index contributed by atoms with van der Waals surface area (Å²) in [6, 6.07) is 10.1. The molecule has 4 rings (SSSR count). The van der Waals surface area contributed by atoms with Crippen molar-refractivity contribution in [3.63, 3.8) is 0 Å². The van der Waals surface area contributed by atoms with E-state index in [2.05, 4.69) is 23.3 Å². The Hall–Kier alpha value is -2.97. The summed E-state index contributed by atoms with van der Waals surface area (Å²) in [4.78, 5) is 33.3. The molecule has 0 aliphatic carbocycles. The van der Waals surface area contributed by atoms with Crippen LogP contribution in [0, 0.1) is 0 Å². The molecule has 0 bridgehead atoms. The van der Waals surface area contributed by atoms with Crippen LogP contribution in [0.15, 0.2) is 36.5 Å². The number of likely N-dealkylation sites (tertiary alicyclic amines) is 1. The number of aryl methyl sites for hydroxylation is 1. The first-order valence-corrected chi connectivity index (χ1v) is 13.2. The molecule has 8 heteroatoms. The molecule has 2 aromatic rings. The molecular weight excluding hydrogens is 454 g/mol. The fourth-order valence-corrected chi connectivity index (χ4v) is 5.40.